The van der Waals surface area contributed by atoms with Gasteiger partial charge in [-0.05, 0) is 37.5 Å². The molecule has 4 heteroatoms. The van der Waals surface area contributed by atoms with Gasteiger partial charge in [0.25, 0.3) is 0 Å². The molecule has 0 aromatic rings. The van der Waals surface area contributed by atoms with E-state index in [1.807, 2.05) is 0 Å². The average molecular weight is 253 g/mol. The van der Waals surface area contributed by atoms with Crippen molar-refractivity contribution in [3.8, 4) is 0 Å². The molecule has 0 spiro atoms. The second-order valence-corrected chi connectivity index (χ2v) is 5.77. The maximum absolute atomic E-state index is 11.3. The second-order valence-electron chi connectivity index (χ2n) is 5.77. The number of carbonyl (C=O) groups excluding carboxylic acids is 1. The van der Waals surface area contributed by atoms with Gasteiger partial charge < -0.3 is 15.0 Å². The molecule has 2 saturated carbocycles. The Hall–Kier alpha value is -1.06. The van der Waals surface area contributed by atoms with Gasteiger partial charge in [-0.15, -0.1) is 0 Å². The Labute approximate surface area is 107 Å². The van der Waals surface area contributed by atoms with Crippen LogP contribution in [0.3, 0.4) is 0 Å². The van der Waals surface area contributed by atoms with Crippen LogP contribution in [0.5, 0.6) is 0 Å². The predicted molar refractivity (Wildman–Crippen MR) is 63.5 cm³/mol. The summed E-state index contributed by atoms with van der Waals surface area (Å²) in [6, 6.07) is 0. The molecule has 2 aliphatic rings. The van der Waals surface area contributed by atoms with Crippen LogP contribution in [0.25, 0.3) is 0 Å². The first-order chi connectivity index (χ1) is 8.61. The third-order valence-corrected chi connectivity index (χ3v) is 4.81. The highest BCUT2D eigenvalue weighted by atomic mass is 16.4. The second kappa shape index (κ2) is 5.72. The monoisotopic (exact) mass is 253 g/mol. The maximum atomic E-state index is 11.3. The number of carboxylic acids is 2. The van der Waals surface area contributed by atoms with Gasteiger partial charge in [-0.1, -0.05) is 25.7 Å². The lowest BCUT2D eigenvalue weighted by atomic mass is 9.64. The molecule has 0 bridgehead atoms. The van der Waals surface area contributed by atoms with Gasteiger partial charge in [0, 0.05) is 11.9 Å². The molecule has 4 atom stereocenters. The molecule has 2 unspecified atom stereocenters. The van der Waals surface area contributed by atoms with Crippen molar-refractivity contribution in [1.82, 2.24) is 0 Å². The first-order valence-corrected chi connectivity index (χ1v) is 7.05. The van der Waals surface area contributed by atoms with Gasteiger partial charge in [-0.2, -0.15) is 0 Å². The summed E-state index contributed by atoms with van der Waals surface area (Å²) in [4.78, 5) is 22.5. The summed E-state index contributed by atoms with van der Waals surface area (Å²) in [5.41, 5.74) is 0. The normalized spacial score (nSPS) is 37.1. The summed E-state index contributed by atoms with van der Waals surface area (Å²) in [5, 5.41) is 20.5. The maximum Gasteiger partial charge on any atom is 0.306 e. The highest BCUT2D eigenvalue weighted by Crippen LogP contribution is 2.44. The molecule has 0 heterocycles. The lowest BCUT2D eigenvalue weighted by molar-refractivity contribution is -0.315. The van der Waals surface area contributed by atoms with Crippen molar-refractivity contribution < 1.29 is 19.8 Å². The smallest absolute Gasteiger partial charge is 0.306 e. The molecule has 0 radical (unpaired) electrons. The van der Waals surface area contributed by atoms with Crippen molar-refractivity contribution in [1.29, 1.82) is 0 Å². The fourth-order valence-electron chi connectivity index (χ4n) is 3.94. The zero-order valence-electron chi connectivity index (χ0n) is 10.6. The molecule has 0 aliphatic heterocycles. The Bertz CT molecular complexity index is 294. The lowest BCUT2D eigenvalue weighted by Crippen LogP contribution is -2.44. The quantitative estimate of drug-likeness (QED) is 0.825. The number of rotatable bonds is 3. The first-order valence-electron chi connectivity index (χ1n) is 7.05. The van der Waals surface area contributed by atoms with Crippen LogP contribution in [0.2, 0.25) is 0 Å². The third kappa shape index (κ3) is 2.68. The molecule has 0 aromatic carbocycles. The van der Waals surface area contributed by atoms with Crippen molar-refractivity contribution in [3.05, 3.63) is 0 Å². The van der Waals surface area contributed by atoms with Gasteiger partial charge in [-0.3, -0.25) is 4.79 Å². The van der Waals surface area contributed by atoms with E-state index in [0.29, 0.717) is 12.8 Å². The minimum Gasteiger partial charge on any atom is -0.550 e. The summed E-state index contributed by atoms with van der Waals surface area (Å²) < 4.78 is 0. The zero-order chi connectivity index (χ0) is 13.1. The van der Waals surface area contributed by atoms with Gasteiger partial charge in [0.1, 0.15) is 0 Å². The molecule has 4 nitrogen and oxygen atoms in total. The van der Waals surface area contributed by atoms with E-state index in [4.69, 9.17) is 0 Å². The molecule has 0 saturated heterocycles. The Morgan fingerprint density at radius 1 is 0.833 bits per heavy atom. The van der Waals surface area contributed by atoms with Crippen LogP contribution in [0.1, 0.15) is 51.4 Å². The van der Waals surface area contributed by atoms with Crippen molar-refractivity contribution in [2.45, 2.75) is 51.4 Å². The SMILES string of the molecule is O=C([O-])C1CCCC[C@H]1[C@@H]1CCCCC1C(=O)O. The van der Waals surface area contributed by atoms with Crippen molar-refractivity contribution in [2.75, 3.05) is 0 Å². The Morgan fingerprint density at radius 2 is 1.28 bits per heavy atom. The van der Waals surface area contributed by atoms with E-state index in [-0.39, 0.29) is 17.8 Å². The molecule has 2 fully saturated rings. The largest absolute Gasteiger partial charge is 0.550 e. The van der Waals surface area contributed by atoms with E-state index in [1.54, 1.807) is 0 Å². The molecule has 1 N–H and O–H groups in total. The van der Waals surface area contributed by atoms with Crippen molar-refractivity contribution >= 4 is 11.9 Å². The van der Waals surface area contributed by atoms with Crippen molar-refractivity contribution in [2.24, 2.45) is 23.7 Å². The first kappa shape index (κ1) is 13.4. The van der Waals surface area contributed by atoms with Crippen LogP contribution in [0, 0.1) is 23.7 Å². The zero-order valence-corrected chi connectivity index (χ0v) is 10.6. The Balaban J connectivity index is 2.15. The van der Waals surface area contributed by atoms with E-state index in [9.17, 15) is 19.8 Å². The van der Waals surface area contributed by atoms with Crippen LogP contribution >= 0.6 is 0 Å². The fraction of sp³-hybridized carbons (Fsp3) is 0.857. The molecular weight excluding hydrogens is 232 g/mol. The van der Waals surface area contributed by atoms with E-state index < -0.39 is 17.9 Å². The van der Waals surface area contributed by atoms with Crippen LogP contribution in [0.4, 0.5) is 0 Å². The highest BCUT2D eigenvalue weighted by molar-refractivity contribution is 5.71. The summed E-state index contributed by atoms with van der Waals surface area (Å²) in [6.45, 7) is 0. The molecule has 0 aromatic heterocycles. The minimum atomic E-state index is -0.977. The van der Waals surface area contributed by atoms with Crippen LogP contribution < -0.4 is 5.11 Å². The predicted octanol–water partition coefficient (Wildman–Crippen LogP) is 1.43. The van der Waals surface area contributed by atoms with Gasteiger partial charge in [0.2, 0.25) is 0 Å². The molecule has 0 amide bonds. The number of carbonyl (C=O) groups is 2. The summed E-state index contributed by atoms with van der Waals surface area (Å²) in [7, 11) is 0. The van der Waals surface area contributed by atoms with Gasteiger partial charge in [0.15, 0.2) is 0 Å². The van der Waals surface area contributed by atoms with Gasteiger partial charge in [0.05, 0.1) is 5.92 Å². The third-order valence-electron chi connectivity index (χ3n) is 4.81. The van der Waals surface area contributed by atoms with Crippen LogP contribution in [-0.4, -0.2) is 17.0 Å². The molecule has 18 heavy (non-hydrogen) atoms. The summed E-state index contributed by atoms with van der Waals surface area (Å²) in [6.07, 6.45) is 7.03. The number of hydrogen-bond acceptors (Lipinski definition) is 3. The van der Waals surface area contributed by atoms with E-state index in [2.05, 4.69) is 0 Å². The number of aliphatic carboxylic acids is 2. The highest BCUT2D eigenvalue weighted by Gasteiger charge is 2.40. The number of carboxylic acid groups (broad SMARTS) is 2. The van der Waals surface area contributed by atoms with E-state index in [1.165, 1.54) is 0 Å². The van der Waals surface area contributed by atoms with Crippen LogP contribution in [0.15, 0.2) is 0 Å². The standard InChI is InChI=1S/C14H22O4/c15-13(16)11-7-3-1-5-9(11)10-6-2-4-8-12(10)14(17)18/h9-12H,1-8H2,(H,15,16)(H,17,18)/p-1/t9-,10-,11?,12?/m0/s1. The summed E-state index contributed by atoms with van der Waals surface area (Å²) in [5.74, 6) is -2.44. The lowest BCUT2D eigenvalue weighted by Gasteiger charge is -2.42. The molecular formula is C14H21O4-. The molecule has 2 aliphatic carbocycles. The topological polar surface area (TPSA) is 77.4 Å². The minimum absolute atomic E-state index is 0.0187. The van der Waals surface area contributed by atoms with Gasteiger partial charge in [-0.25, -0.2) is 0 Å². The molecule has 102 valence electrons. The van der Waals surface area contributed by atoms with Crippen LogP contribution in [-0.2, 0) is 9.59 Å². The Morgan fingerprint density at radius 3 is 1.78 bits per heavy atom. The van der Waals surface area contributed by atoms with Crippen molar-refractivity contribution in [3.63, 3.8) is 0 Å². The van der Waals surface area contributed by atoms with Gasteiger partial charge >= 0.3 is 5.97 Å². The number of hydrogen-bond donors (Lipinski definition) is 1. The van der Waals surface area contributed by atoms with E-state index >= 15 is 0 Å². The van der Waals surface area contributed by atoms with E-state index in [0.717, 1.165) is 38.5 Å². The fourth-order valence-corrected chi connectivity index (χ4v) is 3.94. The molecule has 2 rings (SSSR count). The summed E-state index contributed by atoms with van der Waals surface area (Å²) >= 11 is 0. The average Bonchev–Trinajstić information content (AvgIpc) is 2.38. The Kier molecular flexibility index (Phi) is 4.25.